The molecule has 8 nitrogen and oxygen atoms in total. The predicted octanol–water partition coefficient (Wildman–Crippen LogP) is 12.7. The summed E-state index contributed by atoms with van der Waals surface area (Å²) in [5.41, 5.74) is 7.00. The van der Waals surface area contributed by atoms with Crippen LogP contribution in [0, 0.1) is 0 Å². The second-order valence-corrected chi connectivity index (χ2v) is 23.9. The second kappa shape index (κ2) is 30.0. The first-order chi connectivity index (χ1) is 32.1. The van der Waals surface area contributed by atoms with Crippen molar-refractivity contribution in [1.29, 1.82) is 0 Å². The van der Waals surface area contributed by atoms with Crippen molar-refractivity contribution in [2.75, 3.05) is 161 Å². The van der Waals surface area contributed by atoms with E-state index in [0.29, 0.717) is 0 Å². The molecule has 0 spiro atoms. The molecule has 0 N–H and O–H groups in total. The van der Waals surface area contributed by atoms with Gasteiger partial charge >= 0.3 is 0 Å². The van der Waals surface area contributed by atoms with Gasteiger partial charge in [-0.15, -0.1) is 0 Å². The van der Waals surface area contributed by atoms with Gasteiger partial charge in [-0.3, -0.25) is 0 Å². The molecule has 0 saturated carbocycles. The third-order valence-electron chi connectivity index (χ3n) is 13.0. The number of unbranched alkanes of at least 4 members (excludes halogenated alkanes) is 12. The van der Waals surface area contributed by atoms with Crippen LogP contribution in [0.25, 0.3) is 24.3 Å². The summed E-state index contributed by atoms with van der Waals surface area (Å²) in [6, 6.07) is 22.5. The number of methoxy groups -OCH3 is 2. The number of hydrogen-bond donors (Lipinski definition) is 0. The Kier molecular flexibility index (Phi) is 25.8. The molecule has 0 amide bonds. The molecule has 68 heavy (non-hydrogen) atoms. The Bertz CT molecular complexity index is 1670. The van der Waals surface area contributed by atoms with E-state index in [9.17, 15) is 0 Å². The Morgan fingerprint density at radius 3 is 0.824 bits per heavy atom. The Morgan fingerprint density at radius 1 is 0.338 bits per heavy atom. The summed E-state index contributed by atoms with van der Waals surface area (Å²) >= 11 is 0. The van der Waals surface area contributed by atoms with Crippen LogP contribution in [0.5, 0.6) is 11.5 Å². The monoisotopic (exact) mass is 941 g/mol. The molecule has 0 aromatic heterocycles. The Hall–Kier alpha value is -3.82. The molecule has 3 rings (SSSR count). The van der Waals surface area contributed by atoms with E-state index in [1.807, 2.05) is 0 Å². The average molecular weight is 942 g/mol. The van der Waals surface area contributed by atoms with Gasteiger partial charge in [0.05, 0.1) is 125 Å². The van der Waals surface area contributed by atoms with Crippen LogP contribution in [0.15, 0.2) is 60.7 Å². The van der Waals surface area contributed by atoms with Crippen molar-refractivity contribution in [1.82, 2.24) is 0 Å². The first-order valence-corrected chi connectivity index (χ1v) is 26.7. The molecular formula is C60H104N6O2+4. The molecule has 0 bridgehead atoms. The maximum Gasteiger partial charge on any atom is 0.126 e. The summed E-state index contributed by atoms with van der Waals surface area (Å²) in [4.78, 5) is 5.26. The van der Waals surface area contributed by atoms with Crippen molar-refractivity contribution in [2.45, 2.75) is 103 Å². The van der Waals surface area contributed by atoms with E-state index in [1.165, 1.54) is 151 Å². The second-order valence-electron chi connectivity index (χ2n) is 23.9. The van der Waals surface area contributed by atoms with Crippen LogP contribution in [0.3, 0.4) is 0 Å². The quantitative estimate of drug-likeness (QED) is 0.0329. The fourth-order valence-corrected chi connectivity index (χ4v) is 8.88. The summed E-state index contributed by atoms with van der Waals surface area (Å²) < 4.78 is 16.1. The van der Waals surface area contributed by atoms with Crippen molar-refractivity contribution in [2.24, 2.45) is 0 Å². The third-order valence-corrected chi connectivity index (χ3v) is 13.0. The summed E-state index contributed by atoms with van der Waals surface area (Å²) in [5.74, 6) is 1.65. The van der Waals surface area contributed by atoms with Crippen molar-refractivity contribution < 1.29 is 27.4 Å². The Morgan fingerprint density at radius 2 is 0.588 bits per heavy atom. The Labute approximate surface area is 419 Å². The average Bonchev–Trinajstić information content (AvgIpc) is 3.26. The minimum atomic E-state index is 0.827. The molecule has 0 aliphatic rings. The number of quaternary nitrogens is 4. The molecule has 0 unspecified atom stereocenters. The Balaban J connectivity index is 1.67. The van der Waals surface area contributed by atoms with Gasteiger partial charge in [0.1, 0.15) is 11.5 Å². The molecule has 0 fully saturated rings. The molecular weight excluding hydrogens is 837 g/mol. The van der Waals surface area contributed by atoms with E-state index < -0.39 is 0 Å². The number of anilines is 2. The van der Waals surface area contributed by atoms with Crippen molar-refractivity contribution in [3.63, 3.8) is 0 Å². The lowest BCUT2D eigenvalue weighted by molar-refractivity contribution is -0.870. The van der Waals surface area contributed by atoms with E-state index in [2.05, 4.69) is 179 Å². The number of rotatable bonds is 36. The van der Waals surface area contributed by atoms with Crippen LogP contribution in [-0.2, 0) is 0 Å². The maximum absolute atomic E-state index is 5.96. The third kappa shape index (κ3) is 26.2. The van der Waals surface area contributed by atoms with Gasteiger partial charge in [-0.2, -0.15) is 0 Å². The van der Waals surface area contributed by atoms with E-state index in [0.717, 1.165) is 66.7 Å². The summed E-state index contributed by atoms with van der Waals surface area (Å²) in [7, 11) is 31.1. The fourth-order valence-electron chi connectivity index (χ4n) is 8.88. The van der Waals surface area contributed by atoms with Gasteiger partial charge in [-0.25, -0.2) is 0 Å². The van der Waals surface area contributed by atoms with Crippen LogP contribution in [0.1, 0.15) is 125 Å². The van der Waals surface area contributed by atoms with Crippen LogP contribution in [0.4, 0.5) is 11.4 Å². The largest absolute Gasteiger partial charge is 0.496 e. The minimum Gasteiger partial charge on any atom is -0.496 e. The van der Waals surface area contributed by atoms with E-state index in [-0.39, 0.29) is 0 Å². The van der Waals surface area contributed by atoms with Gasteiger partial charge in [0.25, 0.3) is 0 Å². The van der Waals surface area contributed by atoms with Crippen molar-refractivity contribution in [3.05, 3.63) is 82.9 Å². The minimum absolute atomic E-state index is 0.827. The summed E-state index contributed by atoms with van der Waals surface area (Å²) in [6.07, 6.45) is 29.3. The highest BCUT2D eigenvalue weighted by Gasteiger charge is 2.13. The smallest absolute Gasteiger partial charge is 0.126 e. The number of hydrogen-bond acceptors (Lipinski definition) is 4. The van der Waals surface area contributed by atoms with Crippen molar-refractivity contribution >= 4 is 35.7 Å². The summed E-state index contributed by atoms with van der Waals surface area (Å²) in [6.45, 7) is 9.47. The van der Waals surface area contributed by atoms with Crippen molar-refractivity contribution in [3.8, 4) is 11.5 Å². The highest BCUT2D eigenvalue weighted by atomic mass is 16.5. The number of ether oxygens (including phenoxy) is 2. The van der Waals surface area contributed by atoms with Gasteiger partial charge in [0.2, 0.25) is 0 Å². The lowest BCUT2D eigenvalue weighted by atomic mass is 10.0. The molecule has 3 aromatic rings. The lowest BCUT2D eigenvalue weighted by Gasteiger charge is -2.26. The molecule has 0 atom stereocenters. The first kappa shape index (κ1) is 58.5. The van der Waals surface area contributed by atoms with E-state index >= 15 is 0 Å². The molecule has 382 valence electrons. The summed E-state index contributed by atoms with van der Waals surface area (Å²) in [5, 5.41) is 0. The van der Waals surface area contributed by atoms with Crippen LogP contribution in [0.2, 0.25) is 0 Å². The lowest BCUT2D eigenvalue weighted by Crippen LogP contribution is -2.35. The fraction of sp³-hybridized carbons (Fsp3) is 0.633. The molecule has 0 radical (unpaired) electrons. The molecule has 8 heteroatoms. The van der Waals surface area contributed by atoms with E-state index in [1.54, 1.807) is 14.2 Å². The maximum atomic E-state index is 5.96. The highest BCUT2D eigenvalue weighted by Crippen LogP contribution is 2.32. The van der Waals surface area contributed by atoms with Crippen LogP contribution >= 0.6 is 0 Å². The number of benzene rings is 3. The van der Waals surface area contributed by atoms with E-state index in [4.69, 9.17) is 9.47 Å². The number of nitrogens with zero attached hydrogens (tertiary/aromatic N) is 6. The molecule has 0 aliphatic carbocycles. The topological polar surface area (TPSA) is 24.9 Å². The molecule has 0 saturated heterocycles. The normalized spacial score (nSPS) is 12.7. The zero-order valence-corrected chi connectivity index (χ0v) is 46.6. The van der Waals surface area contributed by atoms with Crippen LogP contribution < -0.4 is 19.3 Å². The van der Waals surface area contributed by atoms with Gasteiger partial charge in [-0.05, 0) is 125 Å². The van der Waals surface area contributed by atoms with Gasteiger partial charge in [0, 0.05) is 48.7 Å². The zero-order chi connectivity index (χ0) is 50.1. The predicted molar refractivity (Wildman–Crippen MR) is 300 cm³/mol. The zero-order valence-electron chi connectivity index (χ0n) is 46.6. The van der Waals surface area contributed by atoms with Gasteiger partial charge in [0.15, 0.2) is 0 Å². The molecule has 0 heterocycles. The molecule has 0 aliphatic heterocycles. The standard InChI is InChI=1S/C60H104N6O2/c1-63(2,3)47-27-19-15-23-43-61(44-24-16-20-28-48-64(4,5)6)57-39-33-53(34-40-57)31-37-55-51-60(68-14)56(52-59(55)67-13)38-32-54-35-41-58(42-36-54)62(45-25-17-21-29-49-65(7,8)9)46-26-18-22-30-50-66(10,11)12/h31-42,51-52H,15-30,43-50H2,1-14H3/q+4/b37-31+,38-32+. The first-order valence-electron chi connectivity index (χ1n) is 26.7. The highest BCUT2D eigenvalue weighted by molar-refractivity contribution is 5.79. The molecule has 3 aromatic carbocycles. The van der Waals surface area contributed by atoms with Gasteiger partial charge in [-0.1, -0.05) is 74.3 Å². The SMILES string of the molecule is COc1cc(/C=C/c2ccc(N(CCCCCC[N+](C)(C)C)CCCCCC[N+](C)(C)C)cc2)c(OC)cc1/C=C/c1ccc(N(CCCCCC[N+](C)(C)C)CCCCCC[N+](C)(C)C)cc1. The van der Waals surface area contributed by atoms with Gasteiger partial charge < -0.3 is 37.2 Å². The van der Waals surface area contributed by atoms with Crippen LogP contribution in [-0.4, -0.2) is 169 Å².